The Kier molecular flexibility index (Phi) is 4.06. The second kappa shape index (κ2) is 5.99. The smallest absolute Gasteiger partial charge is 0.147 e. The van der Waals surface area contributed by atoms with Gasteiger partial charge in [-0.1, -0.05) is 11.6 Å². The molecule has 2 aromatic rings. The minimum atomic E-state index is 0.122. The number of methoxy groups -OCH3 is 1. The summed E-state index contributed by atoms with van der Waals surface area (Å²) in [6.45, 7) is 4.09. The van der Waals surface area contributed by atoms with Gasteiger partial charge in [-0.15, -0.1) is 0 Å². The summed E-state index contributed by atoms with van der Waals surface area (Å²) in [5, 5.41) is 10.8. The van der Waals surface area contributed by atoms with Gasteiger partial charge in [0, 0.05) is 18.5 Å². The van der Waals surface area contributed by atoms with E-state index in [1.165, 1.54) is 0 Å². The molecule has 0 saturated carbocycles. The van der Waals surface area contributed by atoms with Crippen molar-refractivity contribution in [1.29, 1.82) is 5.26 Å². The molecule has 1 atom stereocenters. The summed E-state index contributed by atoms with van der Waals surface area (Å²) in [6.07, 6.45) is 0.122. The molecular formula is C16H16ClN3O2. The van der Waals surface area contributed by atoms with E-state index in [4.69, 9.17) is 21.1 Å². The first kappa shape index (κ1) is 14.9. The highest BCUT2D eigenvalue weighted by Crippen LogP contribution is 2.32. The van der Waals surface area contributed by atoms with Crippen molar-refractivity contribution in [2.45, 2.75) is 13.0 Å². The zero-order chi connectivity index (χ0) is 15.7. The van der Waals surface area contributed by atoms with E-state index in [-0.39, 0.29) is 6.10 Å². The molecule has 0 spiro atoms. The number of benzene rings is 1. The van der Waals surface area contributed by atoms with Crippen molar-refractivity contribution in [2.75, 3.05) is 31.7 Å². The minimum Gasteiger partial charge on any atom is -0.495 e. The third kappa shape index (κ3) is 2.68. The van der Waals surface area contributed by atoms with E-state index in [9.17, 15) is 5.26 Å². The molecular weight excluding hydrogens is 302 g/mol. The van der Waals surface area contributed by atoms with Gasteiger partial charge in [-0.05, 0) is 25.1 Å². The van der Waals surface area contributed by atoms with Gasteiger partial charge in [-0.3, -0.25) is 0 Å². The average molecular weight is 318 g/mol. The zero-order valence-electron chi connectivity index (χ0n) is 12.5. The van der Waals surface area contributed by atoms with Crippen LogP contribution in [0.2, 0.25) is 5.02 Å². The van der Waals surface area contributed by atoms with Gasteiger partial charge in [-0.25, -0.2) is 4.98 Å². The summed E-state index contributed by atoms with van der Waals surface area (Å²) in [5.41, 5.74) is 1.30. The largest absolute Gasteiger partial charge is 0.495 e. The molecule has 0 amide bonds. The predicted octanol–water partition coefficient (Wildman–Crippen LogP) is 2.99. The molecule has 0 N–H and O–H groups in total. The molecule has 5 nitrogen and oxygen atoms in total. The summed E-state index contributed by atoms with van der Waals surface area (Å²) < 4.78 is 10.8. The van der Waals surface area contributed by atoms with Crippen molar-refractivity contribution in [3.05, 3.63) is 28.8 Å². The van der Waals surface area contributed by atoms with Gasteiger partial charge in [0.15, 0.2) is 0 Å². The lowest BCUT2D eigenvalue weighted by atomic mass is 10.1. The van der Waals surface area contributed by atoms with Crippen LogP contribution >= 0.6 is 11.6 Å². The maximum absolute atomic E-state index is 9.45. The fourth-order valence-corrected chi connectivity index (χ4v) is 2.89. The van der Waals surface area contributed by atoms with Crippen LogP contribution in [0.25, 0.3) is 10.9 Å². The molecule has 1 unspecified atom stereocenters. The summed E-state index contributed by atoms with van der Waals surface area (Å²) >= 11 is 6.17. The fraction of sp³-hybridized carbons (Fsp3) is 0.375. The average Bonchev–Trinajstić information content (AvgIpc) is 2.53. The number of pyridine rings is 1. The second-order valence-corrected chi connectivity index (χ2v) is 5.69. The molecule has 1 aliphatic heterocycles. The fourth-order valence-electron chi connectivity index (χ4n) is 2.66. The Bertz CT molecular complexity index is 757. The van der Waals surface area contributed by atoms with Gasteiger partial charge in [-0.2, -0.15) is 5.26 Å². The maximum atomic E-state index is 9.45. The first-order valence-electron chi connectivity index (χ1n) is 7.07. The molecule has 114 valence electrons. The number of morpholine rings is 1. The van der Waals surface area contributed by atoms with Crippen LogP contribution < -0.4 is 9.64 Å². The SMILES string of the molecule is COc1cc2cc(C#N)c(N3CCOC(C)C3)nc2cc1Cl. The van der Waals surface area contributed by atoms with Crippen molar-refractivity contribution in [3.8, 4) is 11.8 Å². The van der Waals surface area contributed by atoms with Crippen LogP contribution in [0.15, 0.2) is 18.2 Å². The van der Waals surface area contributed by atoms with Gasteiger partial charge in [0.1, 0.15) is 17.6 Å². The van der Waals surface area contributed by atoms with Gasteiger partial charge >= 0.3 is 0 Å². The first-order chi connectivity index (χ1) is 10.6. The second-order valence-electron chi connectivity index (χ2n) is 5.28. The molecule has 0 bridgehead atoms. The maximum Gasteiger partial charge on any atom is 0.147 e. The van der Waals surface area contributed by atoms with Crippen LogP contribution in [0.3, 0.4) is 0 Å². The van der Waals surface area contributed by atoms with Crippen LogP contribution in [0.1, 0.15) is 12.5 Å². The number of nitrogens with zero attached hydrogens (tertiary/aromatic N) is 3. The Hall–Kier alpha value is -2.03. The van der Waals surface area contributed by atoms with Crippen LogP contribution in [-0.2, 0) is 4.74 Å². The molecule has 0 radical (unpaired) electrons. The molecule has 1 aromatic carbocycles. The normalized spacial score (nSPS) is 18.3. The molecule has 1 aliphatic rings. The number of hydrogen-bond acceptors (Lipinski definition) is 5. The molecule has 1 aromatic heterocycles. The van der Waals surface area contributed by atoms with E-state index in [2.05, 4.69) is 16.0 Å². The van der Waals surface area contributed by atoms with Crippen molar-refractivity contribution < 1.29 is 9.47 Å². The van der Waals surface area contributed by atoms with Gasteiger partial charge < -0.3 is 14.4 Å². The molecule has 0 aliphatic carbocycles. The van der Waals surface area contributed by atoms with E-state index in [1.54, 1.807) is 19.2 Å². The standard InChI is InChI=1S/C16H16ClN3O2/c1-10-9-20(3-4-22-10)16-12(8-18)5-11-6-15(21-2)13(17)7-14(11)19-16/h5-7,10H,3-4,9H2,1-2H3. The Morgan fingerprint density at radius 3 is 2.95 bits per heavy atom. The Balaban J connectivity index is 2.12. The number of ether oxygens (including phenoxy) is 2. The Labute approximate surface area is 134 Å². The quantitative estimate of drug-likeness (QED) is 0.852. The van der Waals surface area contributed by atoms with Gasteiger partial charge in [0.25, 0.3) is 0 Å². The molecule has 22 heavy (non-hydrogen) atoms. The van der Waals surface area contributed by atoms with Crippen molar-refractivity contribution in [3.63, 3.8) is 0 Å². The molecule has 2 heterocycles. The van der Waals surface area contributed by atoms with E-state index in [1.807, 2.05) is 13.0 Å². The monoisotopic (exact) mass is 317 g/mol. The van der Waals surface area contributed by atoms with Gasteiger partial charge in [0.2, 0.25) is 0 Å². The number of hydrogen-bond donors (Lipinski definition) is 0. The van der Waals surface area contributed by atoms with Crippen molar-refractivity contribution in [1.82, 2.24) is 4.98 Å². The number of aromatic nitrogens is 1. The highest BCUT2D eigenvalue weighted by atomic mass is 35.5. The number of fused-ring (bicyclic) bond motifs is 1. The van der Waals surface area contributed by atoms with Crippen LogP contribution in [-0.4, -0.2) is 37.9 Å². The number of halogens is 1. The zero-order valence-corrected chi connectivity index (χ0v) is 13.2. The van der Waals surface area contributed by atoms with Crippen LogP contribution in [0.4, 0.5) is 5.82 Å². The van der Waals surface area contributed by atoms with E-state index < -0.39 is 0 Å². The van der Waals surface area contributed by atoms with E-state index in [0.717, 1.165) is 24.0 Å². The lowest BCUT2D eigenvalue weighted by Gasteiger charge is -2.32. The molecule has 1 fully saturated rings. The summed E-state index contributed by atoms with van der Waals surface area (Å²) in [6, 6.07) is 7.63. The molecule has 3 rings (SSSR count). The van der Waals surface area contributed by atoms with E-state index in [0.29, 0.717) is 28.8 Å². The van der Waals surface area contributed by atoms with Crippen LogP contribution in [0.5, 0.6) is 5.75 Å². The lowest BCUT2D eigenvalue weighted by molar-refractivity contribution is 0.0529. The number of anilines is 1. The topological polar surface area (TPSA) is 58.4 Å². The summed E-state index contributed by atoms with van der Waals surface area (Å²) in [4.78, 5) is 6.74. The van der Waals surface area contributed by atoms with E-state index >= 15 is 0 Å². The minimum absolute atomic E-state index is 0.122. The molecule has 6 heteroatoms. The summed E-state index contributed by atoms with van der Waals surface area (Å²) in [5.74, 6) is 1.26. The highest BCUT2D eigenvalue weighted by molar-refractivity contribution is 6.32. The van der Waals surface area contributed by atoms with Crippen molar-refractivity contribution in [2.24, 2.45) is 0 Å². The highest BCUT2D eigenvalue weighted by Gasteiger charge is 2.21. The van der Waals surface area contributed by atoms with Gasteiger partial charge in [0.05, 0.1) is 35.9 Å². The Morgan fingerprint density at radius 2 is 2.27 bits per heavy atom. The summed E-state index contributed by atoms with van der Waals surface area (Å²) in [7, 11) is 1.56. The Morgan fingerprint density at radius 1 is 1.45 bits per heavy atom. The first-order valence-corrected chi connectivity index (χ1v) is 7.45. The third-order valence-electron chi connectivity index (χ3n) is 3.73. The van der Waals surface area contributed by atoms with Crippen molar-refractivity contribution >= 4 is 28.3 Å². The lowest BCUT2D eigenvalue weighted by Crippen LogP contribution is -2.41. The van der Waals surface area contributed by atoms with Crippen LogP contribution in [0, 0.1) is 11.3 Å². The third-order valence-corrected chi connectivity index (χ3v) is 4.02. The number of rotatable bonds is 2. The molecule has 1 saturated heterocycles. The predicted molar refractivity (Wildman–Crippen MR) is 85.6 cm³/mol. The number of nitriles is 1.